The molecule has 1 saturated heterocycles. The molecule has 0 aliphatic carbocycles. The van der Waals surface area contributed by atoms with Crippen molar-refractivity contribution in [2.24, 2.45) is 0 Å². The zero-order valence-electron chi connectivity index (χ0n) is 16.9. The lowest BCUT2D eigenvalue weighted by atomic mass is 10.1. The van der Waals surface area contributed by atoms with E-state index in [1.54, 1.807) is 42.8 Å². The predicted molar refractivity (Wildman–Crippen MR) is 117 cm³/mol. The quantitative estimate of drug-likeness (QED) is 0.645. The highest BCUT2D eigenvalue weighted by Crippen LogP contribution is 2.44. The topological polar surface area (TPSA) is 84.9 Å². The third kappa shape index (κ3) is 5.13. The van der Waals surface area contributed by atoms with E-state index < -0.39 is 0 Å². The van der Waals surface area contributed by atoms with E-state index in [4.69, 9.17) is 9.47 Å². The number of carbonyl (C=O) groups excluding carboxylic acids is 3. The summed E-state index contributed by atoms with van der Waals surface area (Å²) in [4.78, 5) is 37.7. The minimum absolute atomic E-state index is 0.0193. The highest BCUT2D eigenvalue weighted by Gasteiger charge is 2.35. The van der Waals surface area contributed by atoms with Gasteiger partial charge >= 0.3 is 5.97 Å². The van der Waals surface area contributed by atoms with Gasteiger partial charge in [-0.25, -0.2) is 0 Å². The first-order valence-electron chi connectivity index (χ1n) is 9.65. The van der Waals surface area contributed by atoms with Gasteiger partial charge in [0.1, 0.15) is 11.1 Å². The van der Waals surface area contributed by atoms with E-state index in [-0.39, 0.29) is 36.0 Å². The average molecular weight is 429 g/mol. The molecule has 3 rings (SSSR count). The number of hydrogen-bond acceptors (Lipinski definition) is 6. The van der Waals surface area contributed by atoms with Crippen LogP contribution >= 0.6 is 11.8 Å². The summed E-state index contributed by atoms with van der Waals surface area (Å²) in [5, 5.41) is 2.59. The van der Waals surface area contributed by atoms with Crippen molar-refractivity contribution >= 4 is 40.9 Å². The van der Waals surface area contributed by atoms with Crippen LogP contribution in [0.15, 0.2) is 48.5 Å². The van der Waals surface area contributed by atoms with Crippen molar-refractivity contribution in [2.75, 3.05) is 29.7 Å². The summed E-state index contributed by atoms with van der Waals surface area (Å²) in [5.74, 6) is 0.406. The predicted octanol–water partition coefficient (Wildman–Crippen LogP) is 3.76. The van der Waals surface area contributed by atoms with Gasteiger partial charge in [0.25, 0.3) is 0 Å². The van der Waals surface area contributed by atoms with Crippen molar-refractivity contribution in [3.63, 3.8) is 0 Å². The van der Waals surface area contributed by atoms with Crippen LogP contribution in [0.2, 0.25) is 0 Å². The molecule has 2 amide bonds. The maximum absolute atomic E-state index is 12.6. The molecule has 0 aromatic heterocycles. The summed E-state index contributed by atoms with van der Waals surface area (Å²) in [7, 11) is 1.58. The summed E-state index contributed by atoms with van der Waals surface area (Å²) in [6.07, 6.45) is 0.113. The zero-order valence-corrected chi connectivity index (χ0v) is 17.7. The minimum atomic E-state index is -0.387. The molecule has 1 fully saturated rings. The third-order valence-corrected chi connectivity index (χ3v) is 5.77. The van der Waals surface area contributed by atoms with Crippen molar-refractivity contribution in [1.82, 2.24) is 0 Å². The lowest BCUT2D eigenvalue weighted by molar-refractivity contribution is -0.144. The number of esters is 1. The zero-order chi connectivity index (χ0) is 21.5. The molecule has 1 aliphatic rings. The van der Waals surface area contributed by atoms with Crippen molar-refractivity contribution in [1.29, 1.82) is 0 Å². The Morgan fingerprint density at radius 3 is 2.57 bits per heavy atom. The molecule has 0 radical (unpaired) electrons. The van der Waals surface area contributed by atoms with Crippen molar-refractivity contribution in [3.05, 3.63) is 54.1 Å². The molecule has 158 valence electrons. The number of para-hydroxylation sites is 2. The van der Waals surface area contributed by atoms with Gasteiger partial charge < -0.3 is 14.8 Å². The van der Waals surface area contributed by atoms with E-state index in [0.717, 1.165) is 11.3 Å². The first kappa shape index (κ1) is 21.7. The second-order valence-electron chi connectivity index (χ2n) is 6.57. The Morgan fingerprint density at radius 1 is 1.13 bits per heavy atom. The van der Waals surface area contributed by atoms with Crippen LogP contribution in [0.3, 0.4) is 0 Å². The van der Waals surface area contributed by atoms with Gasteiger partial charge in [-0.3, -0.25) is 19.3 Å². The highest BCUT2D eigenvalue weighted by atomic mass is 32.2. The molecule has 2 aromatic carbocycles. The normalized spacial score (nSPS) is 15.7. The molecule has 1 heterocycles. The molecule has 1 unspecified atom stereocenters. The van der Waals surface area contributed by atoms with E-state index in [2.05, 4.69) is 5.32 Å². The third-order valence-electron chi connectivity index (χ3n) is 4.55. The lowest BCUT2D eigenvalue weighted by Crippen LogP contribution is -2.28. The second-order valence-corrected chi connectivity index (χ2v) is 7.64. The first-order valence-corrected chi connectivity index (χ1v) is 10.7. The maximum atomic E-state index is 12.6. The average Bonchev–Trinajstić information content (AvgIpc) is 3.14. The molecule has 7 nitrogen and oxygen atoms in total. The van der Waals surface area contributed by atoms with E-state index >= 15 is 0 Å². The van der Waals surface area contributed by atoms with Crippen LogP contribution < -0.4 is 15.0 Å². The molecule has 1 atom stereocenters. The van der Waals surface area contributed by atoms with Gasteiger partial charge in [0.2, 0.25) is 11.8 Å². The Bertz CT molecular complexity index is 916. The number of rotatable bonds is 8. The van der Waals surface area contributed by atoms with Gasteiger partial charge in [-0.2, -0.15) is 0 Å². The summed E-state index contributed by atoms with van der Waals surface area (Å²) in [6.45, 7) is 2.03. The number of nitrogens with zero attached hydrogens (tertiary/aromatic N) is 1. The molecule has 0 spiro atoms. The monoisotopic (exact) mass is 428 g/mol. The second kappa shape index (κ2) is 10.2. The van der Waals surface area contributed by atoms with E-state index in [9.17, 15) is 14.4 Å². The van der Waals surface area contributed by atoms with Gasteiger partial charge in [-0.1, -0.05) is 24.3 Å². The smallest absolute Gasteiger partial charge is 0.306 e. The van der Waals surface area contributed by atoms with Crippen LogP contribution in [-0.2, 0) is 19.1 Å². The number of carbonyl (C=O) groups is 3. The van der Waals surface area contributed by atoms with Crippen LogP contribution in [0.4, 0.5) is 11.4 Å². The molecule has 0 bridgehead atoms. The molecule has 1 N–H and O–H groups in total. The molecule has 0 saturated carbocycles. The number of methoxy groups -OCH3 is 1. The van der Waals surface area contributed by atoms with Crippen molar-refractivity contribution in [2.45, 2.75) is 25.1 Å². The maximum Gasteiger partial charge on any atom is 0.306 e. The molecule has 1 aliphatic heterocycles. The number of thioether (sulfide) groups is 1. The van der Waals surface area contributed by atoms with Gasteiger partial charge in [-0.15, -0.1) is 11.8 Å². The summed E-state index contributed by atoms with van der Waals surface area (Å²) in [5.41, 5.74) is 2.31. The van der Waals surface area contributed by atoms with Crippen LogP contribution in [0.5, 0.6) is 5.75 Å². The van der Waals surface area contributed by atoms with Crippen LogP contribution in [0.1, 0.15) is 30.7 Å². The standard InChI is InChI=1S/C22H24N2O5S/c1-3-29-21(27)13-12-19(25)23-16-10-8-15(9-11-16)22-24(20(26)14-30-22)17-6-4-5-7-18(17)28-2/h4-11,22H,3,12-14H2,1-2H3,(H,23,25). The van der Waals surface area contributed by atoms with Crippen molar-refractivity contribution in [3.8, 4) is 5.75 Å². The van der Waals surface area contributed by atoms with Crippen LogP contribution in [0, 0.1) is 0 Å². The molecule has 2 aromatic rings. The van der Waals surface area contributed by atoms with Crippen molar-refractivity contribution < 1.29 is 23.9 Å². The molecular formula is C22H24N2O5S. The van der Waals surface area contributed by atoms with Crippen LogP contribution in [-0.4, -0.2) is 37.3 Å². The fourth-order valence-corrected chi connectivity index (χ4v) is 4.33. The Morgan fingerprint density at radius 2 is 1.87 bits per heavy atom. The first-order chi connectivity index (χ1) is 14.5. The largest absolute Gasteiger partial charge is 0.495 e. The van der Waals surface area contributed by atoms with E-state index in [0.29, 0.717) is 23.8 Å². The number of nitrogens with one attached hydrogen (secondary N) is 1. The molecular weight excluding hydrogens is 404 g/mol. The van der Waals surface area contributed by atoms with Gasteiger partial charge in [0.05, 0.1) is 31.6 Å². The number of hydrogen-bond donors (Lipinski definition) is 1. The molecule has 8 heteroatoms. The van der Waals surface area contributed by atoms with Gasteiger partial charge in [0.15, 0.2) is 0 Å². The Kier molecular flexibility index (Phi) is 7.35. The fraction of sp³-hybridized carbons (Fsp3) is 0.318. The minimum Gasteiger partial charge on any atom is -0.495 e. The van der Waals surface area contributed by atoms with E-state index in [1.165, 1.54) is 0 Å². The van der Waals surface area contributed by atoms with Crippen LogP contribution in [0.25, 0.3) is 0 Å². The Labute approximate surface area is 179 Å². The van der Waals surface area contributed by atoms with E-state index in [1.807, 2.05) is 36.4 Å². The fourth-order valence-electron chi connectivity index (χ4n) is 3.16. The summed E-state index contributed by atoms with van der Waals surface area (Å²) >= 11 is 1.54. The Hall–Kier alpha value is -3.00. The van der Waals surface area contributed by atoms with Gasteiger partial charge in [0, 0.05) is 12.1 Å². The number of benzene rings is 2. The lowest BCUT2D eigenvalue weighted by Gasteiger charge is -2.26. The number of amides is 2. The summed E-state index contributed by atoms with van der Waals surface area (Å²) in [6, 6.07) is 14.8. The number of ether oxygens (including phenoxy) is 2. The highest BCUT2D eigenvalue weighted by molar-refractivity contribution is 8.00. The number of anilines is 2. The Balaban J connectivity index is 1.68. The summed E-state index contributed by atoms with van der Waals surface area (Å²) < 4.78 is 10.2. The SMILES string of the molecule is CCOC(=O)CCC(=O)Nc1ccc(C2SCC(=O)N2c2ccccc2OC)cc1. The van der Waals surface area contributed by atoms with Gasteiger partial charge in [-0.05, 0) is 36.8 Å². The molecule has 30 heavy (non-hydrogen) atoms.